The second-order valence-electron chi connectivity index (χ2n) is 7.09. The van der Waals surface area contributed by atoms with Gasteiger partial charge in [0, 0.05) is 30.5 Å². The number of rotatable bonds is 6. The van der Waals surface area contributed by atoms with E-state index in [-0.39, 0.29) is 11.8 Å². The van der Waals surface area contributed by atoms with Crippen LogP contribution in [-0.4, -0.2) is 41.5 Å². The fourth-order valence-corrected chi connectivity index (χ4v) is 4.30. The van der Waals surface area contributed by atoms with Gasteiger partial charge in [0.2, 0.25) is 0 Å². The van der Waals surface area contributed by atoms with Crippen molar-refractivity contribution in [3.8, 4) is 16.2 Å². The van der Waals surface area contributed by atoms with Crippen LogP contribution in [0, 0.1) is 5.82 Å². The first kappa shape index (κ1) is 21.4. The van der Waals surface area contributed by atoms with Gasteiger partial charge in [0.15, 0.2) is 23.0 Å². The zero-order valence-electron chi connectivity index (χ0n) is 16.7. The number of carbonyl (C=O) groups excluding carboxylic acids is 2. The van der Waals surface area contributed by atoms with E-state index in [1.165, 1.54) is 24.2 Å². The summed E-state index contributed by atoms with van der Waals surface area (Å²) in [5, 5.41) is 11.5. The number of hydrogen-bond acceptors (Lipinski definition) is 7. The molecule has 10 heteroatoms. The zero-order chi connectivity index (χ0) is 22.7. The molecule has 8 nitrogen and oxygen atoms in total. The molecule has 2 N–H and O–H groups in total. The molecule has 32 heavy (non-hydrogen) atoms. The molecule has 2 aromatic carbocycles. The molecule has 1 saturated heterocycles. The summed E-state index contributed by atoms with van der Waals surface area (Å²) in [6, 6.07) is 9.94. The lowest BCUT2D eigenvalue weighted by Crippen LogP contribution is -2.17. The number of aldehydes is 1. The Morgan fingerprint density at radius 1 is 1.22 bits per heavy atom. The topological polar surface area (TPSA) is 109 Å². The van der Waals surface area contributed by atoms with Gasteiger partial charge in [-0.15, -0.1) is 0 Å². The molecule has 0 spiro atoms. The van der Waals surface area contributed by atoms with E-state index in [1.54, 1.807) is 6.20 Å². The number of ether oxygens (including phenoxy) is 1. The average molecular weight is 455 g/mol. The Labute approximate surface area is 186 Å². The molecule has 1 aliphatic heterocycles. The van der Waals surface area contributed by atoms with Crippen molar-refractivity contribution < 1.29 is 28.6 Å². The molecule has 4 rings (SSSR count). The third-order valence-electron chi connectivity index (χ3n) is 4.98. The molecule has 1 aromatic heterocycles. The monoisotopic (exact) mass is 455 g/mol. The number of nitrogens with one attached hydrogen (secondary N) is 1. The van der Waals surface area contributed by atoms with Crippen LogP contribution in [-0.2, 0) is 0 Å². The van der Waals surface area contributed by atoms with Crippen LogP contribution in [0.25, 0.3) is 10.4 Å². The van der Waals surface area contributed by atoms with Crippen molar-refractivity contribution in [1.82, 2.24) is 4.98 Å². The molecule has 0 radical (unpaired) electrons. The Morgan fingerprint density at radius 2 is 2.00 bits per heavy atom. The van der Waals surface area contributed by atoms with Crippen molar-refractivity contribution in [2.24, 2.45) is 0 Å². The minimum atomic E-state index is -1.77. The average Bonchev–Trinajstić information content (AvgIpc) is 3.47. The molecule has 0 bridgehead atoms. The molecule has 3 aromatic rings. The van der Waals surface area contributed by atoms with E-state index in [0.29, 0.717) is 5.13 Å². The molecule has 164 valence electrons. The van der Waals surface area contributed by atoms with Crippen LogP contribution in [0.1, 0.15) is 33.6 Å². The summed E-state index contributed by atoms with van der Waals surface area (Å²) >= 11 is 1.26. The van der Waals surface area contributed by atoms with Gasteiger partial charge in [0.25, 0.3) is 5.91 Å². The number of nitrogens with zero attached hydrogens (tertiary/aromatic N) is 2. The zero-order valence-corrected chi connectivity index (χ0v) is 17.5. The van der Waals surface area contributed by atoms with Crippen molar-refractivity contribution >= 4 is 40.5 Å². The van der Waals surface area contributed by atoms with Crippen LogP contribution in [0.5, 0.6) is 5.75 Å². The van der Waals surface area contributed by atoms with Gasteiger partial charge in [0.1, 0.15) is 0 Å². The van der Waals surface area contributed by atoms with E-state index in [2.05, 4.69) is 32.1 Å². The van der Waals surface area contributed by atoms with Crippen molar-refractivity contribution in [3.63, 3.8) is 0 Å². The highest BCUT2D eigenvalue weighted by Crippen LogP contribution is 2.32. The van der Waals surface area contributed by atoms with Crippen LogP contribution in [0.4, 0.5) is 20.0 Å². The van der Waals surface area contributed by atoms with Crippen LogP contribution in [0.2, 0.25) is 0 Å². The van der Waals surface area contributed by atoms with Gasteiger partial charge in [-0.2, -0.15) is 0 Å². The summed E-state index contributed by atoms with van der Waals surface area (Å²) in [7, 11) is 0. The van der Waals surface area contributed by atoms with Gasteiger partial charge in [-0.25, -0.2) is 14.2 Å². The van der Waals surface area contributed by atoms with Crippen LogP contribution < -0.4 is 15.0 Å². The predicted octanol–water partition coefficient (Wildman–Crippen LogP) is 4.67. The maximum absolute atomic E-state index is 14.2. The summed E-state index contributed by atoms with van der Waals surface area (Å²) in [5.41, 5.74) is 1.54. The lowest BCUT2D eigenvalue weighted by molar-refractivity contribution is 0.102. The summed E-state index contributed by atoms with van der Waals surface area (Å²) in [5.74, 6) is -2.58. The van der Waals surface area contributed by atoms with Crippen molar-refractivity contribution in [3.05, 3.63) is 59.5 Å². The van der Waals surface area contributed by atoms with Crippen LogP contribution in [0.15, 0.2) is 42.6 Å². The van der Waals surface area contributed by atoms with Crippen LogP contribution >= 0.6 is 11.3 Å². The molecule has 2 heterocycles. The number of thiazole rings is 1. The van der Waals surface area contributed by atoms with Gasteiger partial charge >= 0.3 is 6.16 Å². The second-order valence-corrected chi connectivity index (χ2v) is 8.12. The molecule has 1 fully saturated rings. The second kappa shape index (κ2) is 9.15. The molecule has 0 aliphatic carbocycles. The summed E-state index contributed by atoms with van der Waals surface area (Å²) in [6.45, 7) is 2.06. The quantitative estimate of drug-likeness (QED) is 0.316. The number of carbonyl (C=O) groups is 3. The molecular weight excluding hydrogens is 437 g/mol. The van der Waals surface area contributed by atoms with E-state index in [9.17, 15) is 18.8 Å². The standard InChI is InChI=1S/C22H18FN3O5S/c23-17-10-14(8-15(12-27)19(17)31-22(29)30)20(28)25-21-24-11-18(32-21)13-4-3-5-16(9-13)26-6-1-2-7-26/h3-5,8-12H,1-2,6-7H2,(H,29,30)(H,24,25,28). The minimum absolute atomic E-state index is 0.171. The van der Waals surface area contributed by atoms with E-state index in [0.717, 1.165) is 41.4 Å². The lowest BCUT2D eigenvalue weighted by Gasteiger charge is -2.18. The van der Waals surface area contributed by atoms with Gasteiger partial charge in [0.05, 0.1) is 10.4 Å². The highest BCUT2D eigenvalue weighted by atomic mass is 32.1. The number of amides is 1. The van der Waals surface area contributed by atoms with Crippen molar-refractivity contribution in [1.29, 1.82) is 0 Å². The summed E-state index contributed by atoms with van der Waals surface area (Å²) < 4.78 is 18.5. The number of carboxylic acid groups (broad SMARTS) is 1. The maximum atomic E-state index is 14.2. The normalized spacial score (nSPS) is 13.1. The third kappa shape index (κ3) is 4.59. The van der Waals surface area contributed by atoms with E-state index in [1.807, 2.05) is 12.1 Å². The Balaban J connectivity index is 1.52. The predicted molar refractivity (Wildman–Crippen MR) is 117 cm³/mol. The molecule has 0 atom stereocenters. The van der Waals surface area contributed by atoms with Crippen molar-refractivity contribution in [2.75, 3.05) is 23.3 Å². The number of aromatic nitrogens is 1. The fraction of sp³-hybridized carbons (Fsp3) is 0.182. The largest absolute Gasteiger partial charge is 0.511 e. The van der Waals surface area contributed by atoms with Gasteiger partial charge < -0.3 is 14.7 Å². The number of hydrogen-bond donors (Lipinski definition) is 2. The fourth-order valence-electron chi connectivity index (χ4n) is 3.49. The number of halogens is 1. The van der Waals surface area contributed by atoms with Crippen LogP contribution in [0.3, 0.4) is 0 Å². The molecule has 1 amide bonds. The Hall–Kier alpha value is -3.79. The highest BCUT2D eigenvalue weighted by molar-refractivity contribution is 7.19. The number of anilines is 2. The maximum Gasteiger partial charge on any atom is 0.511 e. The smallest absolute Gasteiger partial charge is 0.449 e. The first-order chi connectivity index (χ1) is 15.4. The first-order valence-corrected chi connectivity index (χ1v) is 10.6. The van der Waals surface area contributed by atoms with Crippen molar-refractivity contribution in [2.45, 2.75) is 12.8 Å². The van der Waals surface area contributed by atoms with E-state index in [4.69, 9.17) is 5.11 Å². The summed E-state index contributed by atoms with van der Waals surface area (Å²) in [4.78, 5) is 41.8. The van der Waals surface area contributed by atoms with E-state index < -0.39 is 29.2 Å². The minimum Gasteiger partial charge on any atom is -0.449 e. The van der Waals surface area contributed by atoms with E-state index >= 15 is 0 Å². The Kier molecular flexibility index (Phi) is 6.13. The summed E-state index contributed by atoms with van der Waals surface area (Å²) in [6.07, 6.45) is 2.44. The Bertz CT molecular complexity index is 1190. The SMILES string of the molecule is O=Cc1cc(C(=O)Nc2ncc(-c3cccc(N4CCCC4)c3)s2)cc(F)c1OC(=O)O. The molecule has 0 saturated carbocycles. The lowest BCUT2D eigenvalue weighted by atomic mass is 10.1. The highest BCUT2D eigenvalue weighted by Gasteiger charge is 2.19. The molecule has 1 aliphatic rings. The van der Waals surface area contributed by atoms with Gasteiger partial charge in [-0.05, 0) is 42.7 Å². The molecule has 0 unspecified atom stereocenters. The number of benzene rings is 2. The first-order valence-electron chi connectivity index (χ1n) is 9.76. The molecular formula is C22H18FN3O5S. The van der Waals surface area contributed by atoms with Gasteiger partial charge in [-0.3, -0.25) is 14.9 Å². The third-order valence-corrected chi connectivity index (χ3v) is 5.94. The Morgan fingerprint density at radius 3 is 2.72 bits per heavy atom. The van der Waals surface area contributed by atoms with Gasteiger partial charge in [-0.1, -0.05) is 23.5 Å².